The molecule has 2 saturated heterocycles. The van der Waals surface area contributed by atoms with Crippen LogP contribution in [0.4, 0.5) is 4.79 Å². The minimum absolute atomic E-state index is 0.0785. The van der Waals surface area contributed by atoms with Crippen LogP contribution in [0.3, 0.4) is 0 Å². The van der Waals surface area contributed by atoms with Crippen LogP contribution in [-0.4, -0.2) is 55.0 Å². The van der Waals surface area contributed by atoms with Gasteiger partial charge in [-0.15, -0.1) is 0 Å². The zero-order valence-corrected chi connectivity index (χ0v) is 11.0. The van der Waals surface area contributed by atoms with Crippen molar-refractivity contribution in [2.75, 3.05) is 32.8 Å². The van der Waals surface area contributed by atoms with Gasteiger partial charge in [-0.05, 0) is 20.8 Å². The minimum atomic E-state index is -0.417. The first kappa shape index (κ1) is 12.6. The van der Waals surface area contributed by atoms with Crippen LogP contribution in [0.1, 0.15) is 27.2 Å². The molecule has 2 aliphatic rings. The SMILES string of the molecule is CC(C)(C)OC(=O)N1CC[C@@]2(COCC[NH2+]2)C1. The van der Waals surface area contributed by atoms with E-state index in [1.807, 2.05) is 20.8 Å². The third kappa shape index (κ3) is 3.10. The third-order valence-corrected chi connectivity index (χ3v) is 3.27. The standard InChI is InChI=1S/C12H22N2O3/c1-11(2,3)17-10(15)14-6-4-12(8-14)9-16-7-5-13-12/h13H,4-9H2,1-3H3/p+1/t12-/m0/s1. The van der Waals surface area contributed by atoms with Gasteiger partial charge in [0.15, 0.2) is 0 Å². The lowest BCUT2D eigenvalue weighted by atomic mass is 9.99. The molecule has 2 N–H and O–H groups in total. The Hall–Kier alpha value is -0.810. The smallest absolute Gasteiger partial charge is 0.410 e. The van der Waals surface area contributed by atoms with Crippen molar-refractivity contribution in [1.29, 1.82) is 0 Å². The van der Waals surface area contributed by atoms with Gasteiger partial charge < -0.3 is 19.7 Å². The molecule has 0 aromatic heterocycles. The second kappa shape index (κ2) is 4.46. The molecule has 2 rings (SSSR count). The molecule has 0 aliphatic carbocycles. The van der Waals surface area contributed by atoms with Gasteiger partial charge in [0.2, 0.25) is 0 Å². The molecule has 0 unspecified atom stereocenters. The van der Waals surface area contributed by atoms with Gasteiger partial charge in [-0.25, -0.2) is 4.79 Å². The summed E-state index contributed by atoms with van der Waals surface area (Å²) >= 11 is 0. The summed E-state index contributed by atoms with van der Waals surface area (Å²) in [6, 6.07) is 0. The molecule has 2 aliphatic heterocycles. The van der Waals surface area contributed by atoms with Gasteiger partial charge in [0.25, 0.3) is 0 Å². The molecule has 1 amide bonds. The number of hydrogen-bond donors (Lipinski definition) is 1. The first-order valence-corrected chi connectivity index (χ1v) is 6.30. The molecule has 0 saturated carbocycles. The van der Waals surface area contributed by atoms with Crippen LogP contribution in [0.25, 0.3) is 0 Å². The van der Waals surface area contributed by atoms with Crippen molar-refractivity contribution < 1.29 is 19.6 Å². The van der Waals surface area contributed by atoms with Crippen molar-refractivity contribution in [2.45, 2.75) is 38.3 Å². The molecule has 17 heavy (non-hydrogen) atoms. The van der Waals surface area contributed by atoms with Crippen molar-refractivity contribution >= 4 is 6.09 Å². The van der Waals surface area contributed by atoms with Crippen LogP contribution < -0.4 is 5.32 Å². The van der Waals surface area contributed by atoms with Crippen LogP contribution in [0.2, 0.25) is 0 Å². The summed E-state index contributed by atoms with van der Waals surface area (Å²) in [6.07, 6.45) is 0.792. The largest absolute Gasteiger partial charge is 0.444 e. The Morgan fingerprint density at radius 3 is 2.82 bits per heavy atom. The number of amides is 1. The van der Waals surface area contributed by atoms with E-state index >= 15 is 0 Å². The van der Waals surface area contributed by atoms with Crippen molar-refractivity contribution in [1.82, 2.24) is 4.90 Å². The predicted molar refractivity (Wildman–Crippen MR) is 62.8 cm³/mol. The first-order chi connectivity index (χ1) is 7.90. The van der Waals surface area contributed by atoms with Crippen molar-refractivity contribution in [3.05, 3.63) is 0 Å². The summed E-state index contributed by atoms with van der Waals surface area (Å²) in [4.78, 5) is 13.7. The lowest BCUT2D eigenvalue weighted by Gasteiger charge is -2.31. The van der Waals surface area contributed by atoms with Crippen molar-refractivity contribution in [3.8, 4) is 0 Å². The fourth-order valence-electron chi connectivity index (χ4n) is 2.45. The molecular formula is C12H23N2O3+. The number of carbonyl (C=O) groups is 1. The van der Waals surface area contributed by atoms with E-state index in [0.29, 0.717) is 0 Å². The second-order valence-corrected chi connectivity index (χ2v) is 6.06. The zero-order valence-electron chi connectivity index (χ0n) is 11.0. The fraction of sp³-hybridized carbons (Fsp3) is 0.917. The van der Waals surface area contributed by atoms with Crippen LogP contribution in [0, 0.1) is 0 Å². The molecule has 5 heteroatoms. The van der Waals surface area contributed by atoms with Gasteiger partial charge >= 0.3 is 6.09 Å². The fourth-order valence-corrected chi connectivity index (χ4v) is 2.45. The summed E-state index contributed by atoms with van der Waals surface area (Å²) in [5.74, 6) is 0. The van der Waals surface area contributed by atoms with E-state index < -0.39 is 5.60 Å². The maximum absolute atomic E-state index is 11.9. The maximum atomic E-state index is 11.9. The number of quaternary nitrogens is 1. The van der Waals surface area contributed by atoms with Gasteiger partial charge in [-0.2, -0.15) is 0 Å². The van der Waals surface area contributed by atoms with E-state index in [1.54, 1.807) is 4.90 Å². The number of nitrogens with zero attached hydrogens (tertiary/aromatic N) is 1. The predicted octanol–water partition coefficient (Wildman–Crippen LogP) is -0.0404. The second-order valence-electron chi connectivity index (χ2n) is 6.06. The Labute approximate surface area is 102 Å². The summed E-state index contributed by atoms with van der Waals surface area (Å²) < 4.78 is 10.9. The van der Waals surface area contributed by atoms with Crippen LogP contribution in [-0.2, 0) is 9.47 Å². The van der Waals surface area contributed by atoms with E-state index in [4.69, 9.17) is 9.47 Å². The molecule has 2 heterocycles. The highest BCUT2D eigenvalue weighted by Gasteiger charge is 2.45. The third-order valence-electron chi connectivity index (χ3n) is 3.27. The maximum Gasteiger partial charge on any atom is 0.410 e. The minimum Gasteiger partial charge on any atom is -0.444 e. The molecule has 0 bridgehead atoms. The van der Waals surface area contributed by atoms with Gasteiger partial charge in [-0.3, -0.25) is 0 Å². The number of ether oxygens (including phenoxy) is 2. The number of likely N-dealkylation sites (tertiary alicyclic amines) is 1. The Morgan fingerprint density at radius 2 is 2.24 bits per heavy atom. The lowest BCUT2D eigenvalue weighted by Crippen LogP contribution is -3.01. The van der Waals surface area contributed by atoms with Gasteiger partial charge in [0, 0.05) is 13.0 Å². The van der Waals surface area contributed by atoms with Crippen LogP contribution in [0.5, 0.6) is 0 Å². The highest BCUT2D eigenvalue weighted by atomic mass is 16.6. The Morgan fingerprint density at radius 1 is 1.47 bits per heavy atom. The molecule has 98 valence electrons. The molecule has 2 fully saturated rings. The molecule has 5 nitrogen and oxygen atoms in total. The first-order valence-electron chi connectivity index (χ1n) is 6.30. The van der Waals surface area contributed by atoms with Crippen LogP contribution >= 0.6 is 0 Å². The van der Waals surface area contributed by atoms with Gasteiger partial charge in [0.1, 0.15) is 17.7 Å². The average Bonchev–Trinajstić information content (AvgIpc) is 2.61. The summed E-state index contributed by atoms with van der Waals surface area (Å²) in [6.45, 7) is 9.74. The van der Waals surface area contributed by atoms with E-state index in [0.717, 1.165) is 39.3 Å². The number of hydrogen-bond acceptors (Lipinski definition) is 3. The number of rotatable bonds is 0. The number of nitrogens with two attached hydrogens (primary N) is 1. The van der Waals surface area contributed by atoms with Crippen molar-refractivity contribution in [2.24, 2.45) is 0 Å². The van der Waals surface area contributed by atoms with Gasteiger partial charge in [0.05, 0.1) is 19.7 Å². The van der Waals surface area contributed by atoms with Crippen LogP contribution in [0.15, 0.2) is 0 Å². The van der Waals surface area contributed by atoms with E-state index in [9.17, 15) is 4.79 Å². The number of morpholine rings is 1. The quantitative estimate of drug-likeness (QED) is 0.649. The van der Waals surface area contributed by atoms with Gasteiger partial charge in [-0.1, -0.05) is 0 Å². The highest BCUT2D eigenvalue weighted by molar-refractivity contribution is 5.68. The normalized spacial score (nSPS) is 29.7. The topological polar surface area (TPSA) is 55.4 Å². The summed E-state index contributed by atoms with van der Waals surface area (Å²) in [5, 5.41) is 2.32. The summed E-state index contributed by atoms with van der Waals surface area (Å²) in [5.41, 5.74) is -0.339. The van der Waals surface area contributed by atoms with E-state index in [1.165, 1.54) is 0 Å². The Bertz CT molecular complexity index is 293. The van der Waals surface area contributed by atoms with E-state index in [-0.39, 0.29) is 11.6 Å². The Kier molecular flexibility index (Phi) is 3.32. The molecular weight excluding hydrogens is 220 g/mol. The van der Waals surface area contributed by atoms with E-state index in [2.05, 4.69) is 5.32 Å². The molecule has 1 spiro atoms. The lowest BCUT2D eigenvalue weighted by molar-refractivity contribution is -0.739. The molecule has 0 aromatic carbocycles. The van der Waals surface area contributed by atoms with Crippen molar-refractivity contribution in [3.63, 3.8) is 0 Å². The molecule has 0 aromatic rings. The number of carbonyl (C=O) groups excluding carboxylic acids is 1. The summed E-state index contributed by atoms with van der Waals surface area (Å²) in [7, 11) is 0. The molecule has 1 atom stereocenters. The zero-order chi connectivity index (χ0) is 12.5. The monoisotopic (exact) mass is 243 g/mol. The molecule has 0 radical (unpaired) electrons. The Balaban J connectivity index is 1.91. The average molecular weight is 243 g/mol. The highest BCUT2D eigenvalue weighted by Crippen LogP contribution is 2.21.